The molecule has 0 aromatic heterocycles. The number of rotatable bonds is 1. The van der Waals surface area contributed by atoms with Gasteiger partial charge in [0.05, 0.1) is 16.3 Å². The minimum Gasteiger partial charge on any atom is -0.279 e. The number of aryl methyl sites for hydroxylation is 1. The lowest BCUT2D eigenvalue weighted by Gasteiger charge is -2.15. The van der Waals surface area contributed by atoms with E-state index < -0.39 is 11.6 Å². The van der Waals surface area contributed by atoms with Crippen molar-refractivity contribution in [3.8, 4) is 0 Å². The molecule has 2 rings (SSSR count). The zero-order chi connectivity index (χ0) is 11.9. The van der Waals surface area contributed by atoms with Gasteiger partial charge in [-0.1, -0.05) is 12.1 Å². The Morgan fingerprint density at radius 3 is 2.44 bits per heavy atom. The van der Waals surface area contributed by atoms with Crippen molar-refractivity contribution in [3.63, 3.8) is 0 Å². The molecule has 0 N–H and O–H groups in total. The fourth-order valence-electron chi connectivity index (χ4n) is 1.87. The minimum absolute atomic E-state index is 0.00149. The molecule has 1 nitrogen and oxygen atoms in total. The van der Waals surface area contributed by atoms with Gasteiger partial charge in [-0.25, -0.2) is 8.78 Å². The van der Waals surface area contributed by atoms with Gasteiger partial charge in [0.25, 0.3) is 0 Å². The molecule has 1 unspecified atom stereocenters. The molecule has 4 heteroatoms. The maximum atomic E-state index is 13.8. The van der Waals surface area contributed by atoms with Crippen molar-refractivity contribution in [2.24, 2.45) is 4.99 Å². The van der Waals surface area contributed by atoms with E-state index >= 15 is 0 Å². The Balaban J connectivity index is 2.40. The predicted molar refractivity (Wildman–Crippen MR) is 64.0 cm³/mol. The van der Waals surface area contributed by atoms with E-state index in [4.69, 9.17) is 0 Å². The van der Waals surface area contributed by atoms with Gasteiger partial charge in [0, 0.05) is 5.56 Å². The molecular weight excluding hydrogens is 228 g/mol. The topological polar surface area (TPSA) is 12.4 Å². The Hall–Kier alpha value is -0.900. The molecule has 2 atom stereocenters. The molecule has 1 heterocycles. The van der Waals surface area contributed by atoms with Gasteiger partial charge in [0.15, 0.2) is 11.6 Å². The molecule has 0 radical (unpaired) electrons. The lowest BCUT2D eigenvalue weighted by Crippen LogP contribution is -2.08. The Morgan fingerprint density at radius 2 is 1.88 bits per heavy atom. The van der Waals surface area contributed by atoms with Gasteiger partial charge < -0.3 is 0 Å². The molecule has 0 saturated heterocycles. The molecule has 0 bridgehead atoms. The van der Waals surface area contributed by atoms with Crippen LogP contribution < -0.4 is 0 Å². The van der Waals surface area contributed by atoms with Crippen LogP contribution >= 0.6 is 11.8 Å². The van der Waals surface area contributed by atoms with Gasteiger partial charge >= 0.3 is 0 Å². The van der Waals surface area contributed by atoms with Crippen LogP contribution in [0.3, 0.4) is 0 Å². The number of thioether (sulfide) groups is 1. The van der Waals surface area contributed by atoms with Crippen molar-refractivity contribution >= 4 is 16.8 Å². The Kier molecular flexibility index (Phi) is 3.02. The first-order chi connectivity index (χ1) is 7.50. The fourth-order valence-corrected chi connectivity index (χ4v) is 3.03. The van der Waals surface area contributed by atoms with E-state index in [1.807, 2.05) is 13.8 Å². The summed E-state index contributed by atoms with van der Waals surface area (Å²) in [6, 6.07) is 3.28. The monoisotopic (exact) mass is 241 g/mol. The second kappa shape index (κ2) is 4.17. The molecular formula is C12H13F2NS. The zero-order valence-electron chi connectivity index (χ0n) is 9.42. The van der Waals surface area contributed by atoms with Crippen LogP contribution in [0.15, 0.2) is 17.1 Å². The molecule has 1 aromatic carbocycles. The summed E-state index contributed by atoms with van der Waals surface area (Å²) in [5, 5.41) is 0.827. The van der Waals surface area contributed by atoms with E-state index in [0.717, 1.165) is 5.04 Å². The van der Waals surface area contributed by atoms with Crippen LogP contribution in [-0.4, -0.2) is 11.1 Å². The zero-order valence-corrected chi connectivity index (χ0v) is 10.2. The summed E-state index contributed by atoms with van der Waals surface area (Å²) in [7, 11) is 0. The van der Waals surface area contributed by atoms with E-state index in [9.17, 15) is 8.78 Å². The SMILES string of the molecule is CC1=N[C@H](C)C(c2ccc(C)c(F)c2F)S1. The normalized spacial score (nSPS) is 24.7. The average molecular weight is 241 g/mol. The molecule has 1 aliphatic heterocycles. The van der Waals surface area contributed by atoms with Crippen LogP contribution in [-0.2, 0) is 0 Å². The highest BCUT2D eigenvalue weighted by molar-refractivity contribution is 8.14. The number of benzene rings is 1. The number of aliphatic imine (C=N–C) groups is 1. The van der Waals surface area contributed by atoms with E-state index in [1.54, 1.807) is 19.1 Å². The molecule has 0 amide bonds. The third-order valence-electron chi connectivity index (χ3n) is 2.73. The van der Waals surface area contributed by atoms with Crippen molar-refractivity contribution < 1.29 is 8.78 Å². The standard InChI is InChI=1S/C12H13F2NS/c1-6-4-5-9(11(14)10(6)13)12-7(2)15-8(3)16-12/h4-5,7,12H,1-3H3/t7-,12?/m1/s1. The van der Waals surface area contributed by atoms with Crippen LogP contribution in [0.5, 0.6) is 0 Å². The van der Waals surface area contributed by atoms with Gasteiger partial charge in [-0.2, -0.15) is 0 Å². The maximum absolute atomic E-state index is 13.8. The van der Waals surface area contributed by atoms with Gasteiger partial charge in [0.1, 0.15) is 0 Å². The van der Waals surface area contributed by atoms with Crippen molar-refractivity contribution in [1.82, 2.24) is 0 Å². The average Bonchev–Trinajstić information content (AvgIpc) is 2.55. The highest BCUT2D eigenvalue weighted by Gasteiger charge is 2.29. The summed E-state index contributed by atoms with van der Waals surface area (Å²) in [4.78, 5) is 4.33. The van der Waals surface area contributed by atoms with E-state index in [2.05, 4.69) is 4.99 Å². The van der Waals surface area contributed by atoms with E-state index in [-0.39, 0.29) is 11.3 Å². The third kappa shape index (κ3) is 1.86. The smallest absolute Gasteiger partial charge is 0.163 e. The molecule has 86 valence electrons. The Morgan fingerprint density at radius 1 is 1.19 bits per heavy atom. The van der Waals surface area contributed by atoms with Crippen molar-refractivity contribution in [2.75, 3.05) is 0 Å². The first kappa shape index (κ1) is 11.6. The van der Waals surface area contributed by atoms with Crippen LogP contribution in [0.4, 0.5) is 8.78 Å². The summed E-state index contributed by atoms with van der Waals surface area (Å²) in [5.41, 5.74) is 0.760. The molecule has 0 aliphatic carbocycles. The highest BCUT2D eigenvalue weighted by Crippen LogP contribution is 2.41. The van der Waals surface area contributed by atoms with Gasteiger partial charge in [-0.3, -0.25) is 4.99 Å². The Labute approximate surface area is 98.0 Å². The van der Waals surface area contributed by atoms with Gasteiger partial charge in [-0.05, 0) is 26.3 Å². The van der Waals surface area contributed by atoms with E-state index in [1.165, 1.54) is 11.8 Å². The fraction of sp³-hybridized carbons (Fsp3) is 0.417. The Bertz CT molecular complexity index is 457. The second-order valence-corrected chi connectivity index (χ2v) is 5.36. The molecule has 16 heavy (non-hydrogen) atoms. The lowest BCUT2D eigenvalue weighted by atomic mass is 10.0. The first-order valence-electron chi connectivity index (χ1n) is 5.16. The van der Waals surface area contributed by atoms with Crippen molar-refractivity contribution in [1.29, 1.82) is 0 Å². The van der Waals surface area contributed by atoms with E-state index in [0.29, 0.717) is 11.1 Å². The maximum Gasteiger partial charge on any atom is 0.163 e. The summed E-state index contributed by atoms with van der Waals surface area (Å²) in [6.07, 6.45) is 0. The number of halogens is 2. The summed E-state index contributed by atoms with van der Waals surface area (Å²) in [6.45, 7) is 5.38. The second-order valence-electron chi connectivity index (χ2n) is 4.03. The molecule has 0 fully saturated rings. The van der Waals surface area contributed by atoms with Crippen molar-refractivity contribution in [2.45, 2.75) is 32.1 Å². The summed E-state index contributed by atoms with van der Waals surface area (Å²) >= 11 is 1.50. The predicted octanol–water partition coefficient (Wildman–Crippen LogP) is 3.87. The van der Waals surface area contributed by atoms with Gasteiger partial charge in [0.2, 0.25) is 0 Å². The lowest BCUT2D eigenvalue weighted by molar-refractivity contribution is 0.489. The van der Waals surface area contributed by atoms with Crippen LogP contribution in [0.2, 0.25) is 0 Å². The van der Waals surface area contributed by atoms with Crippen LogP contribution in [0.1, 0.15) is 30.2 Å². The summed E-state index contributed by atoms with van der Waals surface area (Å²) < 4.78 is 27.2. The van der Waals surface area contributed by atoms with Crippen molar-refractivity contribution in [3.05, 3.63) is 34.9 Å². The molecule has 1 aromatic rings. The number of hydrogen-bond acceptors (Lipinski definition) is 2. The third-order valence-corrected chi connectivity index (χ3v) is 4.08. The quantitative estimate of drug-likeness (QED) is 0.727. The molecule has 0 spiro atoms. The first-order valence-corrected chi connectivity index (χ1v) is 6.04. The molecule has 0 saturated carbocycles. The highest BCUT2D eigenvalue weighted by atomic mass is 32.2. The molecule has 1 aliphatic rings. The largest absolute Gasteiger partial charge is 0.279 e. The number of nitrogens with zero attached hydrogens (tertiary/aromatic N) is 1. The van der Waals surface area contributed by atoms with Gasteiger partial charge in [-0.15, -0.1) is 11.8 Å². The van der Waals surface area contributed by atoms with Crippen LogP contribution in [0.25, 0.3) is 0 Å². The minimum atomic E-state index is -0.741. The van der Waals surface area contributed by atoms with Crippen LogP contribution in [0, 0.1) is 18.6 Å². The number of hydrogen-bond donors (Lipinski definition) is 0. The summed E-state index contributed by atoms with van der Waals surface area (Å²) in [5.74, 6) is -1.47.